The molecule has 0 N–H and O–H groups in total. The molecule has 2 rings (SSSR count). The summed E-state index contributed by atoms with van der Waals surface area (Å²) >= 11 is 5.83. The van der Waals surface area contributed by atoms with Crippen LogP contribution in [-0.2, 0) is 6.54 Å². The Morgan fingerprint density at radius 2 is 2.21 bits per heavy atom. The number of furan rings is 1. The van der Waals surface area contributed by atoms with Crippen molar-refractivity contribution >= 4 is 17.5 Å². The summed E-state index contributed by atoms with van der Waals surface area (Å²) in [5, 5.41) is 0.126. The van der Waals surface area contributed by atoms with E-state index in [-0.39, 0.29) is 11.1 Å². The summed E-state index contributed by atoms with van der Waals surface area (Å²) in [7, 11) is 0. The lowest BCUT2D eigenvalue weighted by Crippen LogP contribution is -2.30. The normalized spacial score (nSPS) is 10.5. The first-order valence-electron chi connectivity index (χ1n) is 6.06. The number of carbonyl (C=O) groups excluding carboxylic acids is 1. The Hall–Kier alpha value is -1.81. The topological polar surface area (TPSA) is 46.3 Å². The molecular weight excluding hydrogens is 264 g/mol. The SMILES string of the molecule is CCN(Cc1cccc(C)n1)C(=O)c1ccoc1Cl. The quantitative estimate of drug-likeness (QED) is 0.862. The molecule has 0 atom stereocenters. The number of halogens is 1. The van der Waals surface area contributed by atoms with Crippen molar-refractivity contribution in [1.82, 2.24) is 9.88 Å². The van der Waals surface area contributed by atoms with Crippen LogP contribution in [0, 0.1) is 6.92 Å². The summed E-state index contributed by atoms with van der Waals surface area (Å²) in [6, 6.07) is 7.34. The molecular formula is C14H15ClN2O2. The van der Waals surface area contributed by atoms with E-state index in [4.69, 9.17) is 16.0 Å². The Bertz CT molecular complexity index is 580. The fraction of sp³-hybridized carbons (Fsp3) is 0.286. The maximum Gasteiger partial charge on any atom is 0.259 e. The summed E-state index contributed by atoms with van der Waals surface area (Å²) in [5.74, 6) is -0.149. The molecule has 0 fully saturated rings. The molecule has 0 unspecified atom stereocenters. The lowest BCUT2D eigenvalue weighted by molar-refractivity contribution is 0.0750. The number of amides is 1. The summed E-state index contributed by atoms with van der Waals surface area (Å²) in [6.45, 7) is 4.88. The standard InChI is InChI=1S/C14H15ClN2O2/c1-3-17(9-11-6-4-5-10(2)16-11)14(18)12-7-8-19-13(12)15/h4-8H,3,9H2,1-2H3. The van der Waals surface area contributed by atoms with Crippen molar-refractivity contribution in [3.8, 4) is 0 Å². The number of nitrogens with zero attached hydrogens (tertiary/aromatic N) is 2. The van der Waals surface area contributed by atoms with Crippen LogP contribution in [0.15, 0.2) is 34.9 Å². The molecule has 0 bridgehead atoms. The largest absolute Gasteiger partial charge is 0.452 e. The molecule has 2 aromatic rings. The van der Waals surface area contributed by atoms with Gasteiger partial charge in [-0.3, -0.25) is 9.78 Å². The van der Waals surface area contributed by atoms with Gasteiger partial charge in [-0.05, 0) is 43.6 Å². The molecule has 0 saturated carbocycles. The van der Waals surface area contributed by atoms with Crippen molar-refractivity contribution in [2.75, 3.05) is 6.54 Å². The number of hydrogen-bond acceptors (Lipinski definition) is 3. The van der Waals surface area contributed by atoms with Crippen LogP contribution in [0.3, 0.4) is 0 Å². The van der Waals surface area contributed by atoms with Crippen LogP contribution in [-0.4, -0.2) is 22.3 Å². The maximum absolute atomic E-state index is 12.3. The van der Waals surface area contributed by atoms with E-state index in [0.717, 1.165) is 11.4 Å². The molecule has 0 saturated heterocycles. The van der Waals surface area contributed by atoms with Crippen LogP contribution in [0.25, 0.3) is 0 Å². The van der Waals surface area contributed by atoms with Gasteiger partial charge in [-0.1, -0.05) is 6.07 Å². The van der Waals surface area contributed by atoms with Gasteiger partial charge in [-0.25, -0.2) is 0 Å². The van der Waals surface area contributed by atoms with Gasteiger partial charge >= 0.3 is 0 Å². The fourth-order valence-electron chi connectivity index (χ4n) is 1.83. The van der Waals surface area contributed by atoms with Crippen LogP contribution >= 0.6 is 11.6 Å². The van der Waals surface area contributed by atoms with E-state index in [9.17, 15) is 4.79 Å². The van der Waals surface area contributed by atoms with Gasteiger partial charge in [0.1, 0.15) is 0 Å². The first kappa shape index (κ1) is 13.6. The molecule has 0 aromatic carbocycles. The third kappa shape index (κ3) is 3.15. The number of hydrogen-bond donors (Lipinski definition) is 0. The van der Waals surface area contributed by atoms with E-state index in [1.807, 2.05) is 32.0 Å². The number of rotatable bonds is 4. The smallest absolute Gasteiger partial charge is 0.259 e. The summed E-state index contributed by atoms with van der Waals surface area (Å²) in [5.41, 5.74) is 2.17. The highest BCUT2D eigenvalue weighted by Gasteiger charge is 2.19. The van der Waals surface area contributed by atoms with Crippen LogP contribution in [0.5, 0.6) is 0 Å². The lowest BCUT2D eigenvalue weighted by Gasteiger charge is -2.20. The fourth-order valence-corrected chi connectivity index (χ4v) is 2.02. The highest BCUT2D eigenvalue weighted by atomic mass is 35.5. The second kappa shape index (κ2) is 5.89. The minimum atomic E-state index is -0.149. The van der Waals surface area contributed by atoms with Crippen molar-refractivity contribution in [2.24, 2.45) is 0 Å². The Balaban J connectivity index is 2.17. The summed E-state index contributed by atoms with van der Waals surface area (Å²) in [4.78, 5) is 18.4. The Morgan fingerprint density at radius 1 is 1.42 bits per heavy atom. The molecule has 0 aliphatic carbocycles. The van der Waals surface area contributed by atoms with Gasteiger partial charge in [-0.2, -0.15) is 0 Å². The van der Waals surface area contributed by atoms with Crippen molar-refractivity contribution in [3.05, 3.63) is 52.7 Å². The van der Waals surface area contributed by atoms with Crippen LogP contribution in [0.1, 0.15) is 28.7 Å². The third-order valence-corrected chi connectivity index (χ3v) is 3.11. The van der Waals surface area contributed by atoms with Crippen molar-refractivity contribution in [3.63, 3.8) is 0 Å². The summed E-state index contributed by atoms with van der Waals surface area (Å²) in [6.07, 6.45) is 1.41. The highest BCUT2D eigenvalue weighted by molar-refractivity contribution is 6.32. The minimum absolute atomic E-state index is 0.126. The zero-order valence-corrected chi connectivity index (χ0v) is 11.6. The zero-order chi connectivity index (χ0) is 13.8. The molecule has 19 heavy (non-hydrogen) atoms. The molecule has 0 spiro atoms. The molecule has 4 nitrogen and oxygen atoms in total. The van der Waals surface area contributed by atoms with E-state index < -0.39 is 0 Å². The van der Waals surface area contributed by atoms with Gasteiger partial charge in [-0.15, -0.1) is 0 Å². The van der Waals surface area contributed by atoms with Crippen molar-refractivity contribution < 1.29 is 9.21 Å². The van der Waals surface area contributed by atoms with Crippen LogP contribution in [0.4, 0.5) is 0 Å². The van der Waals surface area contributed by atoms with Crippen molar-refractivity contribution in [2.45, 2.75) is 20.4 Å². The first-order chi connectivity index (χ1) is 9.11. The molecule has 1 amide bonds. The van der Waals surface area contributed by atoms with Gasteiger partial charge in [0, 0.05) is 12.2 Å². The second-order valence-electron chi connectivity index (χ2n) is 4.20. The van der Waals surface area contributed by atoms with E-state index in [0.29, 0.717) is 18.7 Å². The Labute approximate surface area is 117 Å². The van der Waals surface area contributed by atoms with Gasteiger partial charge in [0.05, 0.1) is 24.1 Å². The molecule has 100 valence electrons. The van der Waals surface area contributed by atoms with E-state index >= 15 is 0 Å². The van der Waals surface area contributed by atoms with Crippen LogP contribution in [0.2, 0.25) is 5.22 Å². The average molecular weight is 279 g/mol. The molecule has 0 aliphatic heterocycles. The van der Waals surface area contributed by atoms with Gasteiger partial charge in [0.25, 0.3) is 5.91 Å². The predicted octanol–water partition coefficient (Wildman–Crippen LogP) is 3.30. The van der Waals surface area contributed by atoms with Gasteiger partial charge in [0.15, 0.2) is 0 Å². The molecule has 0 aliphatic rings. The van der Waals surface area contributed by atoms with E-state index in [1.54, 1.807) is 11.0 Å². The van der Waals surface area contributed by atoms with Gasteiger partial charge in [0.2, 0.25) is 5.22 Å². The Kier molecular flexibility index (Phi) is 4.22. The second-order valence-corrected chi connectivity index (χ2v) is 4.54. The van der Waals surface area contributed by atoms with Gasteiger partial charge < -0.3 is 9.32 Å². The zero-order valence-electron chi connectivity index (χ0n) is 10.9. The van der Waals surface area contributed by atoms with E-state index in [1.165, 1.54) is 6.26 Å². The molecule has 2 aromatic heterocycles. The number of aromatic nitrogens is 1. The van der Waals surface area contributed by atoms with Crippen molar-refractivity contribution in [1.29, 1.82) is 0 Å². The monoisotopic (exact) mass is 278 g/mol. The number of aryl methyl sites for hydroxylation is 1. The third-order valence-electron chi connectivity index (χ3n) is 2.82. The number of pyridine rings is 1. The maximum atomic E-state index is 12.3. The molecule has 2 heterocycles. The van der Waals surface area contributed by atoms with Crippen LogP contribution < -0.4 is 0 Å². The number of carbonyl (C=O) groups is 1. The molecule has 0 radical (unpaired) electrons. The highest BCUT2D eigenvalue weighted by Crippen LogP contribution is 2.19. The lowest BCUT2D eigenvalue weighted by atomic mass is 10.2. The predicted molar refractivity (Wildman–Crippen MR) is 73.1 cm³/mol. The van der Waals surface area contributed by atoms with E-state index in [2.05, 4.69) is 4.98 Å². The Morgan fingerprint density at radius 3 is 2.79 bits per heavy atom. The molecule has 5 heteroatoms. The summed E-state index contributed by atoms with van der Waals surface area (Å²) < 4.78 is 4.95. The minimum Gasteiger partial charge on any atom is -0.452 e. The average Bonchev–Trinajstić information content (AvgIpc) is 2.81. The first-order valence-corrected chi connectivity index (χ1v) is 6.44.